The molecular formula is C24H22N2O5. The standard InChI is InChI=1S/C24H22N2O5/c1-17-5-3-7-21(13-17)30-16-23(27)26-25-15-18-6-4-8-22(14-18)31-24(28)19-9-11-20(29-2)12-10-19/h3-15H,16H2,1-2H3,(H,26,27)/b25-15-. The average Bonchev–Trinajstić information content (AvgIpc) is 2.78. The number of hydrogen-bond acceptors (Lipinski definition) is 6. The van der Waals surface area contributed by atoms with Crippen LogP contribution in [-0.2, 0) is 4.79 Å². The molecule has 0 aromatic heterocycles. The Hall–Kier alpha value is -4.13. The van der Waals surface area contributed by atoms with Gasteiger partial charge in [-0.2, -0.15) is 5.10 Å². The molecule has 0 aliphatic rings. The van der Waals surface area contributed by atoms with E-state index < -0.39 is 5.97 Å². The lowest BCUT2D eigenvalue weighted by Crippen LogP contribution is -2.24. The summed E-state index contributed by atoms with van der Waals surface area (Å²) in [6, 6.07) is 20.8. The van der Waals surface area contributed by atoms with E-state index in [9.17, 15) is 9.59 Å². The molecule has 3 rings (SSSR count). The van der Waals surface area contributed by atoms with Crippen molar-refractivity contribution in [3.8, 4) is 17.2 Å². The average molecular weight is 418 g/mol. The van der Waals surface area contributed by atoms with Crippen molar-refractivity contribution in [1.82, 2.24) is 5.43 Å². The zero-order valence-corrected chi connectivity index (χ0v) is 17.2. The number of methoxy groups -OCH3 is 1. The van der Waals surface area contributed by atoms with E-state index in [4.69, 9.17) is 14.2 Å². The highest BCUT2D eigenvalue weighted by Crippen LogP contribution is 2.16. The second-order valence-corrected chi connectivity index (χ2v) is 6.59. The highest BCUT2D eigenvalue weighted by molar-refractivity contribution is 5.91. The van der Waals surface area contributed by atoms with Gasteiger partial charge in [0, 0.05) is 0 Å². The number of benzene rings is 3. The number of nitrogens with one attached hydrogen (secondary N) is 1. The van der Waals surface area contributed by atoms with Crippen molar-refractivity contribution in [1.29, 1.82) is 0 Å². The van der Waals surface area contributed by atoms with Crippen LogP contribution < -0.4 is 19.6 Å². The molecule has 0 spiro atoms. The Morgan fingerprint density at radius 1 is 0.935 bits per heavy atom. The molecule has 7 nitrogen and oxygen atoms in total. The van der Waals surface area contributed by atoms with Crippen molar-refractivity contribution in [2.24, 2.45) is 5.10 Å². The Labute approximate surface area is 180 Å². The lowest BCUT2D eigenvalue weighted by molar-refractivity contribution is -0.123. The summed E-state index contributed by atoms with van der Waals surface area (Å²) in [6.45, 7) is 1.79. The van der Waals surface area contributed by atoms with Crippen LogP contribution in [-0.4, -0.2) is 31.8 Å². The molecule has 0 heterocycles. The van der Waals surface area contributed by atoms with Crippen LogP contribution in [0.25, 0.3) is 0 Å². The maximum atomic E-state index is 12.3. The molecule has 3 aromatic carbocycles. The van der Waals surface area contributed by atoms with E-state index in [2.05, 4.69) is 10.5 Å². The van der Waals surface area contributed by atoms with Crippen LogP contribution in [0.2, 0.25) is 0 Å². The Morgan fingerprint density at radius 2 is 1.68 bits per heavy atom. The number of amides is 1. The third kappa shape index (κ3) is 6.71. The number of rotatable bonds is 8. The fraction of sp³-hybridized carbons (Fsp3) is 0.125. The van der Waals surface area contributed by atoms with E-state index >= 15 is 0 Å². The second-order valence-electron chi connectivity index (χ2n) is 6.59. The topological polar surface area (TPSA) is 86.2 Å². The lowest BCUT2D eigenvalue weighted by Gasteiger charge is -2.06. The maximum absolute atomic E-state index is 12.3. The lowest BCUT2D eigenvalue weighted by atomic mass is 10.2. The second kappa shape index (κ2) is 10.6. The van der Waals surface area contributed by atoms with Gasteiger partial charge in [-0.1, -0.05) is 24.3 Å². The van der Waals surface area contributed by atoms with Gasteiger partial charge in [-0.05, 0) is 66.6 Å². The summed E-state index contributed by atoms with van der Waals surface area (Å²) in [5, 5.41) is 3.91. The van der Waals surface area contributed by atoms with Crippen LogP contribution in [0, 0.1) is 6.92 Å². The molecule has 0 saturated heterocycles. The third-order valence-corrected chi connectivity index (χ3v) is 4.16. The molecule has 0 fully saturated rings. The monoisotopic (exact) mass is 418 g/mol. The van der Waals surface area contributed by atoms with Gasteiger partial charge in [-0.3, -0.25) is 4.79 Å². The number of hydrazone groups is 1. The van der Waals surface area contributed by atoms with Crippen LogP contribution >= 0.6 is 0 Å². The van der Waals surface area contributed by atoms with Crippen molar-refractivity contribution in [2.45, 2.75) is 6.92 Å². The zero-order valence-electron chi connectivity index (χ0n) is 17.2. The summed E-state index contributed by atoms with van der Waals surface area (Å²) >= 11 is 0. The quantitative estimate of drug-likeness (QED) is 0.261. The van der Waals surface area contributed by atoms with Crippen LogP contribution in [0.3, 0.4) is 0 Å². The van der Waals surface area contributed by atoms with Gasteiger partial charge in [0.15, 0.2) is 6.61 Å². The van der Waals surface area contributed by atoms with Crippen LogP contribution in [0.4, 0.5) is 0 Å². The Kier molecular flexibility index (Phi) is 7.37. The first-order chi connectivity index (χ1) is 15.0. The summed E-state index contributed by atoms with van der Waals surface area (Å²) in [5.74, 6) is 0.753. The highest BCUT2D eigenvalue weighted by atomic mass is 16.5. The van der Waals surface area contributed by atoms with Gasteiger partial charge >= 0.3 is 5.97 Å². The molecule has 3 aromatic rings. The number of nitrogens with zero attached hydrogens (tertiary/aromatic N) is 1. The Bertz CT molecular complexity index is 1080. The van der Waals surface area contributed by atoms with Crippen molar-refractivity contribution in [2.75, 3.05) is 13.7 Å². The smallest absolute Gasteiger partial charge is 0.343 e. The van der Waals surface area contributed by atoms with Crippen molar-refractivity contribution >= 4 is 18.1 Å². The molecule has 1 N–H and O–H groups in total. The first kappa shape index (κ1) is 21.6. The Balaban J connectivity index is 1.51. The molecule has 0 radical (unpaired) electrons. The molecule has 0 aliphatic carbocycles. The zero-order chi connectivity index (χ0) is 22.1. The molecule has 0 bridgehead atoms. The van der Waals surface area contributed by atoms with Gasteiger partial charge in [0.05, 0.1) is 18.9 Å². The summed E-state index contributed by atoms with van der Waals surface area (Å²) in [7, 11) is 1.56. The summed E-state index contributed by atoms with van der Waals surface area (Å²) in [4.78, 5) is 24.1. The van der Waals surface area contributed by atoms with Gasteiger partial charge in [-0.25, -0.2) is 10.2 Å². The van der Waals surface area contributed by atoms with E-state index in [1.807, 2.05) is 25.1 Å². The number of carbonyl (C=O) groups excluding carboxylic acids is 2. The first-order valence-electron chi connectivity index (χ1n) is 9.51. The number of aryl methyl sites for hydroxylation is 1. The number of esters is 1. The molecule has 0 unspecified atom stereocenters. The minimum Gasteiger partial charge on any atom is -0.497 e. The largest absolute Gasteiger partial charge is 0.497 e. The van der Waals surface area contributed by atoms with Crippen molar-refractivity contribution < 1.29 is 23.8 Å². The SMILES string of the molecule is COc1ccc(C(=O)Oc2cccc(/C=N\NC(=O)COc3cccc(C)c3)c2)cc1. The van der Waals surface area contributed by atoms with Crippen LogP contribution in [0.15, 0.2) is 77.9 Å². The summed E-state index contributed by atoms with van der Waals surface area (Å²) < 4.78 is 15.9. The fourth-order valence-electron chi connectivity index (χ4n) is 2.62. The van der Waals surface area contributed by atoms with Gasteiger partial charge < -0.3 is 14.2 Å². The van der Waals surface area contributed by atoms with E-state index in [0.717, 1.165) is 5.56 Å². The molecule has 1 amide bonds. The van der Waals surface area contributed by atoms with Crippen molar-refractivity contribution in [3.63, 3.8) is 0 Å². The van der Waals surface area contributed by atoms with E-state index in [1.54, 1.807) is 61.7 Å². The van der Waals surface area contributed by atoms with Gasteiger partial charge in [0.1, 0.15) is 17.2 Å². The Morgan fingerprint density at radius 3 is 2.42 bits per heavy atom. The van der Waals surface area contributed by atoms with Gasteiger partial charge in [0.2, 0.25) is 0 Å². The molecule has 7 heteroatoms. The minimum atomic E-state index is -0.488. The molecular weight excluding hydrogens is 396 g/mol. The predicted octanol–water partition coefficient (Wildman–Crippen LogP) is 3.75. The molecule has 0 aliphatic heterocycles. The van der Waals surface area contributed by atoms with Gasteiger partial charge in [-0.15, -0.1) is 0 Å². The summed E-state index contributed by atoms with van der Waals surface area (Å²) in [5.41, 5.74) is 4.50. The molecule has 31 heavy (non-hydrogen) atoms. The number of hydrogen-bond donors (Lipinski definition) is 1. The maximum Gasteiger partial charge on any atom is 0.343 e. The minimum absolute atomic E-state index is 0.152. The normalized spacial score (nSPS) is 10.5. The number of ether oxygens (including phenoxy) is 3. The third-order valence-electron chi connectivity index (χ3n) is 4.16. The molecule has 0 saturated carbocycles. The van der Waals surface area contributed by atoms with Crippen molar-refractivity contribution in [3.05, 3.63) is 89.5 Å². The molecule has 158 valence electrons. The van der Waals surface area contributed by atoms with E-state index in [0.29, 0.717) is 28.4 Å². The van der Waals surface area contributed by atoms with E-state index in [-0.39, 0.29) is 12.5 Å². The van der Waals surface area contributed by atoms with Gasteiger partial charge in [0.25, 0.3) is 5.91 Å². The number of carbonyl (C=O) groups is 2. The first-order valence-corrected chi connectivity index (χ1v) is 9.51. The predicted molar refractivity (Wildman–Crippen MR) is 117 cm³/mol. The fourth-order valence-corrected chi connectivity index (χ4v) is 2.62. The summed E-state index contributed by atoms with van der Waals surface area (Å²) in [6.07, 6.45) is 1.45. The molecule has 0 atom stereocenters. The van der Waals surface area contributed by atoms with Crippen LogP contribution in [0.5, 0.6) is 17.2 Å². The van der Waals surface area contributed by atoms with Crippen LogP contribution in [0.1, 0.15) is 21.5 Å². The highest BCUT2D eigenvalue weighted by Gasteiger charge is 2.09. The van der Waals surface area contributed by atoms with E-state index in [1.165, 1.54) is 6.21 Å².